The molecule has 0 saturated heterocycles. The molecule has 1 atom stereocenters. The highest BCUT2D eigenvalue weighted by molar-refractivity contribution is 5.73. The molecule has 0 amide bonds. The summed E-state index contributed by atoms with van der Waals surface area (Å²) >= 11 is 0. The Bertz CT molecular complexity index is 435. The SMILES string of the molecule is CCCC[C@H](NCc1ccc(C2CCCC2)cc1)C(=O)O. The Labute approximate surface area is 127 Å². The van der Waals surface area contributed by atoms with Crippen LogP contribution in [0.2, 0.25) is 0 Å². The first-order chi connectivity index (χ1) is 10.2. The number of nitrogens with one attached hydrogen (secondary N) is 1. The van der Waals surface area contributed by atoms with Crippen LogP contribution < -0.4 is 5.32 Å². The Morgan fingerprint density at radius 3 is 2.52 bits per heavy atom. The van der Waals surface area contributed by atoms with E-state index < -0.39 is 12.0 Å². The predicted octanol–water partition coefficient (Wildman–Crippen LogP) is 4.08. The van der Waals surface area contributed by atoms with Crippen molar-refractivity contribution < 1.29 is 9.90 Å². The number of aliphatic carboxylic acids is 1. The smallest absolute Gasteiger partial charge is 0.320 e. The molecule has 1 aliphatic carbocycles. The van der Waals surface area contributed by atoms with Crippen LogP contribution in [0.5, 0.6) is 0 Å². The van der Waals surface area contributed by atoms with E-state index in [1.807, 2.05) is 0 Å². The lowest BCUT2D eigenvalue weighted by Crippen LogP contribution is -2.36. The van der Waals surface area contributed by atoms with Gasteiger partial charge in [0.2, 0.25) is 0 Å². The standard InChI is InChI=1S/C18H27NO2/c1-2-3-8-17(18(20)21)19-13-14-9-11-16(12-10-14)15-6-4-5-7-15/h9-12,15,17,19H,2-8,13H2,1H3,(H,20,21)/t17-/m0/s1. The van der Waals surface area contributed by atoms with Gasteiger partial charge in [0.05, 0.1) is 0 Å². The first kappa shape index (κ1) is 16.0. The molecule has 0 spiro atoms. The quantitative estimate of drug-likeness (QED) is 0.758. The van der Waals surface area contributed by atoms with Crippen LogP contribution in [-0.4, -0.2) is 17.1 Å². The maximum atomic E-state index is 11.2. The Balaban J connectivity index is 1.85. The lowest BCUT2D eigenvalue weighted by molar-refractivity contribution is -0.139. The summed E-state index contributed by atoms with van der Waals surface area (Å²) in [5.74, 6) is -0.00522. The second kappa shape index (κ2) is 8.18. The van der Waals surface area contributed by atoms with Crippen molar-refractivity contribution in [2.75, 3.05) is 0 Å². The normalized spacial score (nSPS) is 17.0. The summed E-state index contributed by atoms with van der Waals surface area (Å²) in [6, 6.07) is 8.28. The molecule has 3 nitrogen and oxygen atoms in total. The number of benzene rings is 1. The molecule has 1 aliphatic rings. The Hall–Kier alpha value is -1.35. The van der Waals surface area contributed by atoms with Crippen LogP contribution in [0.3, 0.4) is 0 Å². The van der Waals surface area contributed by atoms with Crippen LogP contribution in [0.25, 0.3) is 0 Å². The fourth-order valence-electron chi connectivity index (χ4n) is 3.13. The predicted molar refractivity (Wildman–Crippen MR) is 85.4 cm³/mol. The average Bonchev–Trinajstić information content (AvgIpc) is 3.02. The minimum absolute atomic E-state index is 0.431. The Morgan fingerprint density at radius 2 is 1.95 bits per heavy atom. The van der Waals surface area contributed by atoms with Crippen molar-refractivity contribution in [3.05, 3.63) is 35.4 Å². The van der Waals surface area contributed by atoms with Crippen molar-refractivity contribution >= 4 is 5.97 Å². The van der Waals surface area contributed by atoms with Crippen LogP contribution in [0, 0.1) is 0 Å². The molecule has 2 N–H and O–H groups in total. The molecule has 0 bridgehead atoms. The second-order valence-corrected chi connectivity index (χ2v) is 6.14. The van der Waals surface area contributed by atoms with Gasteiger partial charge in [0.25, 0.3) is 0 Å². The summed E-state index contributed by atoms with van der Waals surface area (Å²) in [6.07, 6.45) is 8.01. The number of carboxylic acids is 1. The van der Waals surface area contributed by atoms with Crippen molar-refractivity contribution in [3.63, 3.8) is 0 Å². The summed E-state index contributed by atoms with van der Waals surface area (Å²) in [4.78, 5) is 11.2. The molecule has 3 heteroatoms. The van der Waals surface area contributed by atoms with Gasteiger partial charge < -0.3 is 10.4 Å². The van der Waals surface area contributed by atoms with Gasteiger partial charge in [-0.05, 0) is 36.3 Å². The molecule has 0 radical (unpaired) electrons. The van der Waals surface area contributed by atoms with E-state index in [9.17, 15) is 9.90 Å². The summed E-state index contributed by atoms with van der Waals surface area (Å²) in [5.41, 5.74) is 2.61. The highest BCUT2D eigenvalue weighted by Crippen LogP contribution is 2.33. The minimum atomic E-state index is -0.744. The molecule has 0 aliphatic heterocycles. The minimum Gasteiger partial charge on any atom is -0.480 e. The van der Waals surface area contributed by atoms with E-state index in [1.54, 1.807) is 0 Å². The van der Waals surface area contributed by atoms with E-state index in [0.29, 0.717) is 13.0 Å². The van der Waals surface area contributed by atoms with E-state index in [1.165, 1.54) is 36.8 Å². The monoisotopic (exact) mass is 289 g/mol. The number of unbranched alkanes of at least 4 members (excludes halogenated alkanes) is 1. The lowest BCUT2D eigenvalue weighted by atomic mass is 9.97. The van der Waals surface area contributed by atoms with Crippen molar-refractivity contribution in [2.24, 2.45) is 0 Å². The van der Waals surface area contributed by atoms with Gasteiger partial charge in [0, 0.05) is 6.54 Å². The number of rotatable bonds is 8. The summed E-state index contributed by atoms with van der Waals surface area (Å²) in [5, 5.41) is 12.4. The molecule has 21 heavy (non-hydrogen) atoms. The zero-order valence-corrected chi connectivity index (χ0v) is 13.0. The summed E-state index contributed by atoms with van der Waals surface area (Å²) in [7, 11) is 0. The maximum absolute atomic E-state index is 11.2. The molecule has 2 rings (SSSR count). The molecular formula is C18H27NO2. The zero-order chi connectivity index (χ0) is 15.1. The van der Waals surface area contributed by atoms with Gasteiger partial charge in [-0.3, -0.25) is 4.79 Å². The third kappa shape index (κ3) is 4.85. The molecule has 0 unspecified atom stereocenters. The Morgan fingerprint density at radius 1 is 1.29 bits per heavy atom. The van der Waals surface area contributed by atoms with Crippen molar-refractivity contribution in [1.29, 1.82) is 0 Å². The van der Waals surface area contributed by atoms with Gasteiger partial charge in [-0.25, -0.2) is 0 Å². The van der Waals surface area contributed by atoms with Gasteiger partial charge in [-0.15, -0.1) is 0 Å². The summed E-state index contributed by atoms with van der Waals surface area (Å²) in [6.45, 7) is 2.71. The number of carboxylic acid groups (broad SMARTS) is 1. The highest BCUT2D eigenvalue weighted by atomic mass is 16.4. The molecule has 0 aromatic heterocycles. The van der Waals surface area contributed by atoms with E-state index in [2.05, 4.69) is 36.5 Å². The molecule has 1 fully saturated rings. The second-order valence-electron chi connectivity index (χ2n) is 6.14. The first-order valence-corrected chi connectivity index (χ1v) is 8.25. The van der Waals surface area contributed by atoms with Crippen molar-refractivity contribution in [2.45, 2.75) is 70.4 Å². The fraction of sp³-hybridized carbons (Fsp3) is 0.611. The van der Waals surface area contributed by atoms with Crippen molar-refractivity contribution in [3.8, 4) is 0 Å². The molecule has 0 heterocycles. The number of hydrogen-bond donors (Lipinski definition) is 2. The largest absolute Gasteiger partial charge is 0.480 e. The van der Waals surface area contributed by atoms with Crippen LogP contribution in [-0.2, 0) is 11.3 Å². The number of carbonyl (C=O) groups is 1. The third-order valence-electron chi connectivity index (χ3n) is 4.50. The van der Waals surface area contributed by atoms with Crippen LogP contribution in [0.4, 0.5) is 0 Å². The number of hydrogen-bond acceptors (Lipinski definition) is 2. The van der Waals surface area contributed by atoms with Gasteiger partial charge in [-0.1, -0.05) is 56.9 Å². The van der Waals surface area contributed by atoms with Crippen LogP contribution in [0.1, 0.15) is 68.9 Å². The van der Waals surface area contributed by atoms with Crippen LogP contribution in [0.15, 0.2) is 24.3 Å². The average molecular weight is 289 g/mol. The molecule has 1 saturated carbocycles. The van der Waals surface area contributed by atoms with E-state index in [0.717, 1.165) is 18.8 Å². The molecular weight excluding hydrogens is 262 g/mol. The molecule has 116 valence electrons. The van der Waals surface area contributed by atoms with E-state index >= 15 is 0 Å². The van der Waals surface area contributed by atoms with Crippen LogP contribution >= 0.6 is 0 Å². The van der Waals surface area contributed by atoms with Gasteiger partial charge >= 0.3 is 5.97 Å². The maximum Gasteiger partial charge on any atom is 0.320 e. The summed E-state index contributed by atoms with van der Waals surface area (Å²) < 4.78 is 0. The zero-order valence-electron chi connectivity index (χ0n) is 13.0. The Kier molecular flexibility index (Phi) is 6.24. The first-order valence-electron chi connectivity index (χ1n) is 8.25. The highest BCUT2D eigenvalue weighted by Gasteiger charge is 2.17. The van der Waals surface area contributed by atoms with Crippen molar-refractivity contribution in [1.82, 2.24) is 5.32 Å². The topological polar surface area (TPSA) is 49.3 Å². The van der Waals surface area contributed by atoms with E-state index in [-0.39, 0.29) is 0 Å². The molecule has 1 aromatic carbocycles. The molecule has 1 aromatic rings. The third-order valence-corrected chi connectivity index (χ3v) is 4.50. The van der Waals surface area contributed by atoms with E-state index in [4.69, 9.17) is 0 Å². The van der Waals surface area contributed by atoms with Gasteiger partial charge in [0.1, 0.15) is 6.04 Å². The van der Waals surface area contributed by atoms with Gasteiger partial charge in [0.15, 0.2) is 0 Å². The fourth-order valence-corrected chi connectivity index (χ4v) is 3.13. The van der Waals surface area contributed by atoms with Gasteiger partial charge in [-0.2, -0.15) is 0 Å². The lowest BCUT2D eigenvalue weighted by Gasteiger charge is -2.15.